The van der Waals surface area contributed by atoms with Crippen LogP contribution in [0.25, 0.3) is 0 Å². The van der Waals surface area contributed by atoms with Gasteiger partial charge in [0.05, 0.1) is 5.56 Å². The van der Waals surface area contributed by atoms with Crippen LogP contribution in [0.1, 0.15) is 21.5 Å². The molecular weight excluding hydrogens is 332 g/mol. The number of nitriles is 1. The summed E-state index contributed by atoms with van der Waals surface area (Å²) in [6.07, 6.45) is 3.71. The third-order valence-electron chi connectivity index (χ3n) is 4.45. The number of anilines is 1. The number of thioether (sulfide) groups is 1. The molecule has 1 amide bonds. The fourth-order valence-electron chi connectivity index (χ4n) is 2.99. The van der Waals surface area contributed by atoms with Crippen molar-refractivity contribution in [3.05, 3.63) is 53.2 Å². The van der Waals surface area contributed by atoms with Crippen molar-refractivity contribution >= 4 is 23.5 Å². The minimum atomic E-state index is 0.0783. The van der Waals surface area contributed by atoms with E-state index in [1.165, 1.54) is 0 Å². The number of carbonyl (C=O) groups is 1. The number of hydrogen-bond acceptors (Lipinski definition) is 5. The molecule has 25 heavy (non-hydrogen) atoms. The number of piperazine rings is 1. The van der Waals surface area contributed by atoms with Crippen LogP contribution in [0.15, 0.2) is 41.4 Å². The lowest BCUT2D eigenvalue weighted by Gasteiger charge is -2.36. The normalized spacial score (nSPS) is 14.3. The van der Waals surface area contributed by atoms with Crippen LogP contribution in [0.2, 0.25) is 0 Å². The molecule has 0 spiro atoms. The van der Waals surface area contributed by atoms with Gasteiger partial charge in [0.1, 0.15) is 11.9 Å². The van der Waals surface area contributed by atoms with E-state index in [9.17, 15) is 10.1 Å². The molecule has 0 saturated carbocycles. The Morgan fingerprint density at radius 3 is 2.68 bits per heavy atom. The second kappa shape index (κ2) is 7.58. The number of rotatable bonds is 3. The van der Waals surface area contributed by atoms with Gasteiger partial charge in [0, 0.05) is 42.8 Å². The van der Waals surface area contributed by atoms with Gasteiger partial charge < -0.3 is 9.80 Å². The third-order valence-corrected chi connectivity index (χ3v) is 5.17. The van der Waals surface area contributed by atoms with Crippen molar-refractivity contribution in [2.24, 2.45) is 0 Å². The molecule has 1 aromatic carbocycles. The zero-order chi connectivity index (χ0) is 17.8. The highest BCUT2D eigenvalue weighted by Gasteiger charge is 2.25. The molecule has 5 nitrogen and oxygen atoms in total. The SMILES string of the molecule is CSc1ccc(C)c(C(=O)N2CCN(c3ncccc3C#N)CC2)c1. The Labute approximate surface area is 152 Å². The number of carbonyl (C=O) groups excluding carboxylic acids is 1. The Bertz CT molecular complexity index is 822. The van der Waals surface area contributed by atoms with Crippen LogP contribution in [-0.2, 0) is 0 Å². The van der Waals surface area contributed by atoms with Gasteiger partial charge in [-0.1, -0.05) is 6.07 Å². The smallest absolute Gasteiger partial charge is 0.254 e. The summed E-state index contributed by atoms with van der Waals surface area (Å²) in [5, 5.41) is 9.23. The maximum Gasteiger partial charge on any atom is 0.254 e. The van der Waals surface area contributed by atoms with Gasteiger partial charge in [-0.05, 0) is 43.0 Å². The zero-order valence-corrected chi connectivity index (χ0v) is 15.2. The van der Waals surface area contributed by atoms with Crippen molar-refractivity contribution in [2.45, 2.75) is 11.8 Å². The molecule has 1 aliphatic rings. The molecule has 1 aromatic heterocycles. The molecule has 2 heterocycles. The molecule has 1 fully saturated rings. The lowest BCUT2D eigenvalue weighted by atomic mass is 10.1. The van der Waals surface area contributed by atoms with Crippen molar-refractivity contribution in [1.29, 1.82) is 5.26 Å². The number of nitrogens with zero attached hydrogens (tertiary/aromatic N) is 4. The van der Waals surface area contributed by atoms with Gasteiger partial charge in [-0.25, -0.2) is 4.98 Å². The summed E-state index contributed by atoms with van der Waals surface area (Å²) < 4.78 is 0. The molecular formula is C19H20N4OS. The molecule has 0 bridgehead atoms. The maximum absolute atomic E-state index is 12.9. The van der Waals surface area contributed by atoms with Crippen LogP contribution in [-0.4, -0.2) is 48.2 Å². The highest BCUT2D eigenvalue weighted by atomic mass is 32.2. The Balaban J connectivity index is 1.72. The lowest BCUT2D eigenvalue weighted by Crippen LogP contribution is -2.49. The van der Waals surface area contributed by atoms with Gasteiger partial charge in [0.15, 0.2) is 0 Å². The molecule has 2 aromatic rings. The summed E-state index contributed by atoms with van der Waals surface area (Å²) in [6, 6.07) is 11.7. The first kappa shape index (κ1) is 17.3. The van der Waals surface area contributed by atoms with E-state index in [0.29, 0.717) is 37.6 Å². The number of aryl methyl sites for hydroxylation is 1. The van der Waals surface area contributed by atoms with E-state index >= 15 is 0 Å². The van der Waals surface area contributed by atoms with Gasteiger partial charge in [-0.3, -0.25) is 4.79 Å². The number of amides is 1. The number of benzene rings is 1. The zero-order valence-electron chi connectivity index (χ0n) is 14.4. The first-order valence-corrected chi connectivity index (χ1v) is 9.40. The first-order chi connectivity index (χ1) is 12.1. The fourth-order valence-corrected chi connectivity index (χ4v) is 3.43. The lowest BCUT2D eigenvalue weighted by molar-refractivity contribution is 0.0745. The van der Waals surface area contributed by atoms with Crippen LogP contribution in [0, 0.1) is 18.3 Å². The van der Waals surface area contributed by atoms with E-state index in [-0.39, 0.29) is 5.91 Å². The summed E-state index contributed by atoms with van der Waals surface area (Å²) in [4.78, 5) is 22.3. The minimum Gasteiger partial charge on any atom is -0.352 e. The van der Waals surface area contributed by atoms with Crippen LogP contribution >= 0.6 is 11.8 Å². The molecule has 1 saturated heterocycles. The van der Waals surface area contributed by atoms with Crippen molar-refractivity contribution in [1.82, 2.24) is 9.88 Å². The molecule has 128 valence electrons. The van der Waals surface area contributed by atoms with E-state index in [1.807, 2.05) is 36.3 Å². The van der Waals surface area contributed by atoms with Crippen LogP contribution < -0.4 is 4.90 Å². The van der Waals surface area contributed by atoms with E-state index in [0.717, 1.165) is 16.0 Å². The fraction of sp³-hybridized carbons (Fsp3) is 0.316. The Morgan fingerprint density at radius 2 is 2.00 bits per heavy atom. The van der Waals surface area contributed by atoms with Crippen LogP contribution in [0.5, 0.6) is 0 Å². The second-order valence-electron chi connectivity index (χ2n) is 5.95. The van der Waals surface area contributed by atoms with Crippen molar-refractivity contribution < 1.29 is 4.79 Å². The standard InChI is InChI=1S/C19H20N4OS/c1-14-5-6-16(25-2)12-17(14)19(24)23-10-8-22(9-11-23)18-15(13-20)4-3-7-21-18/h3-7,12H,8-11H2,1-2H3. The maximum atomic E-state index is 12.9. The van der Waals surface area contributed by atoms with Gasteiger partial charge in [0.2, 0.25) is 0 Å². The summed E-state index contributed by atoms with van der Waals surface area (Å²) in [5.74, 6) is 0.784. The van der Waals surface area contributed by atoms with E-state index in [1.54, 1.807) is 30.1 Å². The predicted octanol–water partition coefficient (Wildman–Crippen LogP) is 2.95. The van der Waals surface area contributed by atoms with E-state index in [4.69, 9.17) is 0 Å². The Morgan fingerprint density at radius 1 is 1.24 bits per heavy atom. The molecule has 1 aliphatic heterocycles. The second-order valence-corrected chi connectivity index (χ2v) is 6.83. The van der Waals surface area contributed by atoms with Gasteiger partial charge in [-0.15, -0.1) is 11.8 Å². The monoisotopic (exact) mass is 352 g/mol. The van der Waals surface area contributed by atoms with Crippen molar-refractivity contribution in [2.75, 3.05) is 37.3 Å². The molecule has 0 atom stereocenters. The van der Waals surface area contributed by atoms with Crippen LogP contribution in [0.3, 0.4) is 0 Å². The van der Waals surface area contributed by atoms with Gasteiger partial charge in [0.25, 0.3) is 5.91 Å². The largest absolute Gasteiger partial charge is 0.352 e. The van der Waals surface area contributed by atoms with Gasteiger partial charge >= 0.3 is 0 Å². The van der Waals surface area contributed by atoms with Crippen molar-refractivity contribution in [3.8, 4) is 6.07 Å². The number of aromatic nitrogens is 1. The summed E-state index contributed by atoms with van der Waals surface area (Å²) in [5.41, 5.74) is 2.35. The third kappa shape index (κ3) is 3.62. The minimum absolute atomic E-state index is 0.0783. The highest BCUT2D eigenvalue weighted by molar-refractivity contribution is 7.98. The van der Waals surface area contributed by atoms with E-state index < -0.39 is 0 Å². The quantitative estimate of drug-likeness (QED) is 0.795. The Kier molecular flexibility index (Phi) is 5.25. The topological polar surface area (TPSA) is 60.2 Å². The van der Waals surface area contributed by atoms with E-state index in [2.05, 4.69) is 16.0 Å². The molecule has 0 aliphatic carbocycles. The van der Waals surface area contributed by atoms with Gasteiger partial charge in [-0.2, -0.15) is 5.26 Å². The molecule has 6 heteroatoms. The summed E-state index contributed by atoms with van der Waals surface area (Å²) in [6.45, 7) is 4.59. The predicted molar refractivity (Wildman–Crippen MR) is 100 cm³/mol. The molecule has 0 N–H and O–H groups in total. The Hall–Kier alpha value is -2.52. The number of pyridine rings is 1. The highest BCUT2D eigenvalue weighted by Crippen LogP contribution is 2.22. The molecule has 0 unspecified atom stereocenters. The average molecular weight is 352 g/mol. The molecule has 0 radical (unpaired) electrons. The molecule has 3 rings (SSSR count). The van der Waals surface area contributed by atoms with Crippen LogP contribution in [0.4, 0.5) is 5.82 Å². The summed E-state index contributed by atoms with van der Waals surface area (Å²) in [7, 11) is 0. The summed E-state index contributed by atoms with van der Waals surface area (Å²) >= 11 is 1.64. The first-order valence-electron chi connectivity index (χ1n) is 8.18. The average Bonchev–Trinajstić information content (AvgIpc) is 2.68. The number of hydrogen-bond donors (Lipinski definition) is 0. The van der Waals surface area contributed by atoms with Crippen molar-refractivity contribution in [3.63, 3.8) is 0 Å².